The highest BCUT2D eigenvalue weighted by Crippen LogP contribution is 2.35. The zero-order valence-corrected chi connectivity index (χ0v) is 17.2. The largest absolute Gasteiger partial charge is 0.439 e. The standard InChI is InChI=1S/C23H24N2O3S/c1-18-10-13-21(14-11-18)29(26,27)25-16-6-5-9-22(25)19-12-15-23(24-17-19)28-20-7-3-2-4-8-20/h2-4,7-8,10-15,17,22H,5-6,9,16H2,1H3/t22-/m0/s1. The summed E-state index contributed by atoms with van der Waals surface area (Å²) in [6, 6.07) is 20.0. The first-order valence-electron chi connectivity index (χ1n) is 9.81. The molecule has 1 atom stereocenters. The summed E-state index contributed by atoms with van der Waals surface area (Å²) >= 11 is 0. The van der Waals surface area contributed by atoms with Crippen molar-refractivity contribution in [2.45, 2.75) is 37.1 Å². The number of rotatable bonds is 5. The van der Waals surface area contributed by atoms with Gasteiger partial charge in [-0.3, -0.25) is 0 Å². The summed E-state index contributed by atoms with van der Waals surface area (Å²) in [6.07, 6.45) is 4.37. The van der Waals surface area contributed by atoms with Crippen molar-refractivity contribution in [2.24, 2.45) is 0 Å². The fourth-order valence-electron chi connectivity index (χ4n) is 3.63. The predicted molar refractivity (Wildman–Crippen MR) is 112 cm³/mol. The molecule has 0 radical (unpaired) electrons. The van der Waals surface area contributed by atoms with Crippen LogP contribution >= 0.6 is 0 Å². The summed E-state index contributed by atoms with van der Waals surface area (Å²) in [5.41, 5.74) is 1.93. The van der Waals surface area contributed by atoms with Crippen LogP contribution in [0.4, 0.5) is 0 Å². The van der Waals surface area contributed by atoms with Gasteiger partial charge in [0.2, 0.25) is 15.9 Å². The van der Waals surface area contributed by atoms with E-state index in [4.69, 9.17) is 4.74 Å². The minimum atomic E-state index is -3.56. The molecule has 1 saturated heterocycles. The van der Waals surface area contributed by atoms with E-state index in [1.807, 2.05) is 55.5 Å². The molecule has 29 heavy (non-hydrogen) atoms. The van der Waals surface area contributed by atoms with Gasteiger partial charge in [-0.25, -0.2) is 13.4 Å². The third-order valence-electron chi connectivity index (χ3n) is 5.19. The number of pyridine rings is 1. The van der Waals surface area contributed by atoms with Crippen molar-refractivity contribution in [3.05, 3.63) is 84.1 Å². The molecule has 150 valence electrons. The zero-order chi connectivity index (χ0) is 20.3. The quantitative estimate of drug-likeness (QED) is 0.589. The van der Waals surface area contributed by atoms with Crippen molar-refractivity contribution < 1.29 is 13.2 Å². The van der Waals surface area contributed by atoms with Gasteiger partial charge in [0.1, 0.15) is 5.75 Å². The van der Waals surface area contributed by atoms with Crippen LogP contribution in [0.5, 0.6) is 11.6 Å². The van der Waals surface area contributed by atoms with Crippen molar-refractivity contribution in [3.63, 3.8) is 0 Å². The van der Waals surface area contributed by atoms with E-state index >= 15 is 0 Å². The van der Waals surface area contributed by atoms with E-state index in [0.717, 1.165) is 30.4 Å². The molecule has 4 rings (SSSR count). The molecule has 0 spiro atoms. The monoisotopic (exact) mass is 408 g/mol. The Bertz CT molecular complexity index is 1050. The van der Waals surface area contributed by atoms with Gasteiger partial charge in [0.25, 0.3) is 0 Å². The van der Waals surface area contributed by atoms with Crippen molar-refractivity contribution >= 4 is 10.0 Å². The van der Waals surface area contributed by atoms with Gasteiger partial charge in [0.15, 0.2) is 0 Å². The fourth-order valence-corrected chi connectivity index (χ4v) is 5.31. The van der Waals surface area contributed by atoms with Crippen LogP contribution in [0.15, 0.2) is 77.8 Å². The number of sulfonamides is 1. The first kappa shape index (κ1) is 19.6. The summed E-state index contributed by atoms with van der Waals surface area (Å²) in [7, 11) is -3.56. The van der Waals surface area contributed by atoms with Gasteiger partial charge in [-0.05, 0) is 49.6 Å². The lowest BCUT2D eigenvalue weighted by atomic mass is 9.99. The van der Waals surface area contributed by atoms with Crippen LogP contribution in [-0.2, 0) is 10.0 Å². The van der Waals surface area contributed by atoms with E-state index in [1.54, 1.807) is 28.7 Å². The SMILES string of the molecule is Cc1ccc(S(=O)(=O)N2CCCC[C@H]2c2ccc(Oc3ccccc3)nc2)cc1. The molecular formula is C23H24N2O3S. The summed E-state index contributed by atoms with van der Waals surface area (Å²) in [6.45, 7) is 2.47. The van der Waals surface area contributed by atoms with Crippen molar-refractivity contribution in [1.82, 2.24) is 9.29 Å². The Hall–Kier alpha value is -2.70. The molecule has 0 bridgehead atoms. The molecule has 2 aromatic carbocycles. The van der Waals surface area contributed by atoms with Gasteiger partial charge in [-0.1, -0.05) is 48.4 Å². The molecule has 0 unspecified atom stereocenters. The Balaban J connectivity index is 1.58. The van der Waals surface area contributed by atoms with Crippen LogP contribution in [0.1, 0.15) is 36.4 Å². The average molecular weight is 409 g/mol. The van der Waals surface area contributed by atoms with Crippen molar-refractivity contribution in [2.75, 3.05) is 6.54 Å². The second-order valence-electron chi connectivity index (χ2n) is 7.29. The Morgan fingerprint density at radius 1 is 0.966 bits per heavy atom. The van der Waals surface area contributed by atoms with Crippen LogP contribution in [0.25, 0.3) is 0 Å². The van der Waals surface area contributed by atoms with E-state index in [9.17, 15) is 8.42 Å². The molecule has 1 fully saturated rings. The molecule has 1 aliphatic rings. The fraction of sp³-hybridized carbons (Fsp3) is 0.261. The van der Waals surface area contributed by atoms with Gasteiger partial charge in [-0.2, -0.15) is 4.31 Å². The molecule has 0 aliphatic carbocycles. The molecule has 0 saturated carbocycles. The minimum absolute atomic E-state index is 0.215. The molecule has 0 amide bonds. The van der Waals surface area contributed by atoms with Gasteiger partial charge in [0.05, 0.1) is 10.9 Å². The number of para-hydroxylation sites is 1. The normalized spacial score (nSPS) is 17.8. The van der Waals surface area contributed by atoms with Crippen molar-refractivity contribution in [1.29, 1.82) is 0 Å². The summed E-state index contributed by atoms with van der Waals surface area (Å²) in [5.74, 6) is 1.21. The Morgan fingerprint density at radius 2 is 1.72 bits per heavy atom. The number of piperidine rings is 1. The molecule has 0 N–H and O–H groups in total. The highest BCUT2D eigenvalue weighted by molar-refractivity contribution is 7.89. The number of aromatic nitrogens is 1. The third kappa shape index (κ3) is 4.33. The van der Waals surface area contributed by atoms with E-state index < -0.39 is 10.0 Å². The number of hydrogen-bond donors (Lipinski definition) is 0. The molecular weight excluding hydrogens is 384 g/mol. The number of aryl methyl sites for hydroxylation is 1. The first-order chi connectivity index (χ1) is 14.0. The van der Waals surface area contributed by atoms with Gasteiger partial charge < -0.3 is 4.74 Å². The lowest BCUT2D eigenvalue weighted by molar-refractivity contribution is 0.255. The highest BCUT2D eigenvalue weighted by atomic mass is 32.2. The topological polar surface area (TPSA) is 59.5 Å². The second-order valence-corrected chi connectivity index (χ2v) is 9.18. The Labute approximate surface area is 172 Å². The van der Waals surface area contributed by atoms with Gasteiger partial charge in [-0.15, -0.1) is 0 Å². The lowest BCUT2D eigenvalue weighted by Gasteiger charge is -2.34. The number of ether oxygens (including phenoxy) is 1. The summed E-state index contributed by atoms with van der Waals surface area (Å²) in [5, 5.41) is 0. The molecule has 1 aliphatic heterocycles. The summed E-state index contributed by atoms with van der Waals surface area (Å²) in [4.78, 5) is 4.75. The first-order valence-corrected chi connectivity index (χ1v) is 11.3. The molecule has 1 aromatic heterocycles. The van der Waals surface area contributed by atoms with Crippen LogP contribution in [0.3, 0.4) is 0 Å². The van der Waals surface area contributed by atoms with Crippen LogP contribution in [0.2, 0.25) is 0 Å². The second kappa shape index (κ2) is 8.35. The smallest absolute Gasteiger partial charge is 0.243 e. The van der Waals surface area contributed by atoms with Crippen molar-refractivity contribution in [3.8, 4) is 11.6 Å². The maximum absolute atomic E-state index is 13.3. The van der Waals surface area contributed by atoms with E-state index in [-0.39, 0.29) is 6.04 Å². The lowest BCUT2D eigenvalue weighted by Crippen LogP contribution is -2.38. The van der Waals surface area contributed by atoms with Gasteiger partial charge >= 0.3 is 0 Å². The van der Waals surface area contributed by atoms with E-state index in [0.29, 0.717) is 23.1 Å². The molecule has 3 aromatic rings. The highest BCUT2D eigenvalue weighted by Gasteiger charge is 2.34. The number of nitrogens with zero attached hydrogens (tertiary/aromatic N) is 2. The zero-order valence-electron chi connectivity index (χ0n) is 16.4. The molecule has 2 heterocycles. The number of hydrogen-bond acceptors (Lipinski definition) is 4. The maximum Gasteiger partial charge on any atom is 0.243 e. The Kier molecular flexibility index (Phi) is 5.65. The van der Waals surface area contributed by atoms with Gasteiger partial charge in [0, 0.05) is 18.8 Å². The van der Waals surface area contributed by atoms with E-state index in [2.05, 4.69) is 4.98 Å². The minimum Gasteiger partial charge on any atom is -0.439 e. The van der Waals surface area contributed by atoms with Crippen LogP contribution in [0, 0.1) is 6.92 Å². The van der Waals surface area contributed by atoms with E-state index in [1.165, 1.54) is 0 Å². The molecule has 5 nitrogen and oxygen atoms in total. The average Bonchev–Trinajstić information content (AvgIpc) is 2.75. The predicted octanol–water partition coefficient (Wildman–Crippen LogP) is 5.10. The molecule has 6 heteroatoms. The third-order valence-corrected chi connectivity index (χ3v) is 7.11. The van der Waals surface area contributed by atoms with Crippen LogP contribution in [-0.4, -0.2) is 24.3 Å². The number of benzene rings is 2. The van der Waals surface area contributed by atoms with Crippen LogP contribution < -0.4 is 4.74 Å². The summed E-state index contributed by atoms with van der Waals surface area (Å²) < 4.78 is 33.9. The Morgan fingerprint density at radius 3 is 2.41 bits per heavy atom. The maximum atomic E-state index is 13.3.